The zero-order chi connectivity index (χ0) is 24.0. The number of fused-ring (bicyclic) bond motifs is 1. The summed E-state index contributed by atoms with van der Waals surface area (Å²) in [7, 11) is 0. The number of nitriles is 1. The van der Waals surface area contributed by atoms with Gasteiger partial charge in [0.1, 0.15) is 18.2 Å². The largest absolute Gasteiger partial charge is 0.486 e. The highest BCUT2D eigenvalue weighted by molar-refractivity contribution is 5.98. The number of para-hydroxylation sites is 1. The minimum absolute atomic E-state index is 0.118. The number of carbonyl (C=O) groups is 1. The Morgan fingerprint density at radius 3 is 2.43 bits per heavy atom. The molecule has 0 unspecified atom stereocenters. The third kappa shape index (κ3) is 4.87. The fourth-order valence-electron chi connectivity index (χ4n) is 4.23. The van der Waals surface area contributed by atoms with Crippen LogP contribution in [0.5, 0.6) is 5.75 Å². The lowest BCUT2D eigenvalue weighted by molar-refractivity contribution is 0.0744. The molecule has 7 heteroatoms. The summed E-state index contributed by atoms with van der Waals surface area (Å²) in [5, 5.41) is 12.8. The molecule has 0 saturated heterocycles. The average molecular weight is 464 g/mol. The van der Waals surface area contributed by atoms with E-state index in [4.69, 9.17) is 9.72 Å². The van der Waals surface area contributed by atoms with Crippen LogP contribution in [0, 0.1) is 11.3 Å². The highest BCUT2D eigenvalue weighted by Gasteiger charge is 2.30. The van der Waals surface area contributed by atoms with E-state index >= 15 is 0 Å². The monoisotopic (exact) mass is 463 g/mol. The fourth-order valence-corrected chi connectivity index (χ4v) is 4.23. The number of rotatable bonds is 7. The van der Waals surface area contributed by atoms with Crippen molar-refractivity contribution in [3.63, 3.8) is 0 Å². The Labute approximate surface area is 204 Å². The van der Waals surface area contributed by atoms with Gasteiger partial charge in [-0.25, -0.2) is 4.98 Å². The number of hydrogen-bond donors (Lipinski definition) is 1. The summed E-state index contributed by atoms with van der Waals surface area (Å²) in [6.45, 7) is 2.16. The summed E-state index contributed by atoms with van der Waals surface area (Å²) < 4.78 is 7.94. The van der Waals surface area contributed by atoms with Gasteiger partial charge in [-0.15, -0.1) is 0 Å². The number of ether oxygens (including phenoxy) is 1. The predicted octanol–water partition coefficient (Wildman–Crippen LogP) is 4.45. The van der Waals surface area contributed by atoms with Gasteiger partial charge in [-0.3, -0.25) is 4.79 Å². The zero-order valence-electron chi connectivity index (χ0n) is 19.2. The topological polar surface area (TPSA) is 83.2 Å². The first-order valence-electron chi connectivity index (χ1n) is 11.6. The van der Waals surface area contributed by atoms with Crippen molar-refractivity contribution in [2.45, 2.75) is 19.7 Å². The quantitative estimate of drug-likeness (QED) is 0.438. The van der Waals surface area contributed by atoms with Crippen molar-refractivity contribution in [1.29, 1.82) is 5.26 Å². The second-order valence-electron chi connectivity index (χ2n) is 8.32. The van der Waals surface area contributed by atoms with E-state index in [-0.39, 0.29) is 12.5 Å². The molecule has 0 saturated carbocycles. The van der Waals surface area contributed by atoms with Crippen LogP contribution in [0.15, 0.2) is 84.9 Å². The summed E-state index contributed by atoms with van der Waals surface area (Å²) in [5.41, 5.74) is 2.97. The van der Waals surface area contributed by atoms with E-state index in [0.29, 0.717) is 49.1 Å². The van der Waals surface area contributed by atoms with Crippen LogP contribution in [0.2, 0.25) is 0 Å². The summed E-state index contributed by atoms with van der Waals surface area (Å²) in [6, 6.07) is 29.2. The number of hydrogen-bond acceptors (Lipinski definition) is 5. The summed E-state index contributed by atoms with van der Waals surface area (Å²) >= 11 is 0. The third-order valence-electron chi connectivity index (χ3n) is 6.00. The van der Waals surface area contributed by atoms with E-state index in [9.17, 15) is 10.1 Å². The van der Waals surface area contributed by atoms with E-state index < -0.39 is 0 Å². The lowest BCUT2D eigenvalue weighted by atomic mass is 10.1. The number of aromatic nitrogens is 2. The number of amides is 1. The molecule has 0 radical (unpaired) electrons. The first-order chi connectivity index (χ1) is 17.2. The van der Waals surface area contributed by atoms with Crippen LogP contribution in [-0.4, -0.2) is 33.4 Å². The van der Waals surface area contributed by atoms with Crippen LogP contribution >= 0.6 is 0 Å². The maximum atomic E-state index is 13.8. The minimum atomic E-state index is -0.118. The van der Waals surface area contributed by atoms with Crippen LogP contribution in [0.25, 0.3) is 0 Å². The van der Waals surface area contributed by atoms with Crippen molar-refractivity contribution in [2.75, 3.05) is 18.4 Å². The standard InChI is InChI=1S/C28H25N5O2/c29-17-22-11-7-8-12-23(22)19-32-16-15-30-27-26(28(32)34)33(18-21-9-3-1-4-10-21)25(31-27)20-35-24-13-5-2-6-14-24/h1-14,30H,15-16,18-20H2. The van der Waals surface area contributed by atoms with E-state index in [2.05, 4.69) is 11.4 Å². The van der Waals surface area contributed by atoms with Crippen molar-refractivity contribution in [1.82, 2.24) is 14.5 Å². The molecule has 7 nitrogen and oxygen atoms in total. The number of carbonyl (C=O) groups excluding carboxylic acids is 1. The molecule has 4 aromatic rings. The van der Waals surface area contributed by atoms with E-state index in [0.717, 1.165) is 16.9 Å². The average Bonchev–Trinajstić information content (AvgIpc) is 3.16. The second kappa shape index (κ2) is 10.1. The minimum Gasteiger partial charge on any atom is -0.486 e. The van der Waals surface area contributed by atoms with Gasteiger partial charge in [0.05, 0.1) is 11.6 Å². The molecule has 174 valence electrons. The number of imidazole rings is 1. The Kier molecular flexibility index (Phi) is 6.44. The molecule has 35 heavy (non-hydrogen) atoms. The molecule has 1 aliphatic heterocycles. The molecule has 0 spiro atoms. The summed E-state index contributed by atoms with van der Waals surface area (Å²) in [4.78, 5) is 20.4. The molecule has 1 aliphatic rings. The van der Waals surface area contributed by atoms with Crippen molar-refractivity contribution >= 4 is 11.7 Å². The van der Waals surface area contributed by atoms with Crippen molar-refractivity contribution in [3.8, 4) is 11.8 Å². The molecular formula is C28H25N5O2. The molecule has 3 aromatic carbocycles. The van der Waals surface area contributed by atoms with Crippen LogP contribution in [-0.2, 0) is 19.7 Å². The van der Waals surface area contributed by atoms with Crippen LogP contribution < -0.4 is 10.1 Å². The second-order valence-corrected chi connectivity index (χ2v) is 8.32. The number of nitrogens with zero attached hydrogens (tertiary/aromatic N) is 4. The summed E-state index contributed by atoms with van der Waals surface area (Å²) in [6.07, 6.45) is 0. The van der Waals surface area contributed by atoms with Gasteiger partial charge in [-0.05, 0) is 29.3 Å². The van der Waals surface area contributed by atoms with Gasteiger partial charge in [0.2, 0.25) is 0 Å². The maximum Gasteiger partial charge on any atom is 0.274 e. The first kappa shape index (κ1) is 22.2. The molecule has 0 bridgehead atoms. The Bertz CT molecular complexity index is 1360. The SMILES string of the molecule is N#Cc1ccccc1CN1CCNc2nc(COc3ccccc3)n(Cc3ccccc3)c2C1=O. The van der Waals surface area contributed by atoms with Gasteiger partial charge >= 0.3 is 0 Å². The molecule has 2 heterocycles. The van der Waals surface area contributed by atoms with Crippen molar-refractivity contribution < 1.29 is 9.53 Å². The molecule has 1 amide bonds. The van der Waals surface area contributed by atoms with Gasteiger partial charge in [0, 0.05) is 26.2 Å². The molecule has 1 N–H and O–H groups in total. The maximum absolute atomic E-state index is 13.8. The number of nitrogens with one attached hydrogen (secondary N) is 1. The molecule has 0 fully saturated rings. The van der Waals surface area contributed by atoms with Gasteiger partial charge < -0.3 is 19.5 Å². The lowest BCUT2D eigenvalue weighted by Gasteiger charge is -2.22. The molecule has 5 rings (SSSR count). The predicted molar refractivity (Wildman–Crippen MR) is 133 cm³/mol. The van der Waals surface area contributed by atoms with E-state index in [1.165, 1.54) is 0 Å². The third-order valence-corrected chi connectivity index (χ3v) is 6.00. The Hall–Kier alpha value is -4.57. The van der Waals surface area contributed by atoms with E-state index in [1.54, 1.807) is 11.0 Å². The van der Waals surface area contributed by atoms with Gasteiger partial charge in [-0.2, -0.15) is 5.26 Å². The highest BCUT2D eigenvalue weighted by atomic mass is 16.5. The molecule has 0 atom stereocenters. The molecule has 0 aliphatic carbocycles. The van der Waals surface area contributed by atoms with Gasteiger partial charge in [0.25, 0.3) is 5.91 Å². The van der Waals surface area contributed by atoms with Crippen LogP contribution in [0.1, 0.15) is 33.0 Å². The normalized spacial score (nSPS) is 12.9. The summed E-state index contributed by atoms with van der Waals surface area (Å²) in [5.74, 6) is 1.86. The number of anilines is 1. The zero-order valence-corrected chi connectivity index (χ0v) is 19.2. The van der Waals surface area contributed by atoms with E-state index in [1.807, 2.05) is 83.4 Å². The van der Waals surface area contributed by atoms with Gasteiger partial charge in [-0.1, -0.05) is 66.7 Å². The highest BCUT2D eigenvalue weighted by Crippen LogP contribution is 2.26. The van der Waals surface area contributed by atoms with Crippen LogP contribution in [0.3, 0.4) is 0 Å². The number of benzene rings is 3. The first-order valence-corrected chi connectivity index (χ1v) is 11.6. The Morgan fingerprint density at radius 2 is 1.66 bits per heavy atom. The molecular weight excluding hydrogens is 438 g/mol. The van der Waals surface area contributed by atoms with Crippen molar-refractivity contribution in [2.24, 2.45) is 0 Å². The Morgan fingerprint density at radius 1 is 0.943 bits per heavy atom. The fraction of sp³-hybridized carbons (Fsp3) is 0.179. The Balaban J connectivity index is 1.49. The molecule has 1 aromatic heterocycles. The smallest absolute Gasteiger partial charge is 0.274 e. The van der Waals surface area contributed by atoms with Gasteiger partial charge in [0.15, 0.2) is 11.5 Å². The van der Waals surface area contributed by atoms with Crippen molar-refractivity contribution in [3.05, 3.63) is 113 Å². The van der Waals surface area contributed by atoms with Crippen LogP contribution in [0.4, 0.5) is 5.82 Å². The lowest BCUT2D eigenvalue weighted by Crippen LogP contribution is -2.34.